The smallest absolute Gasteiger partial charge is 0.333 e. The molecule has 4 aliphatic rings. The maximum absolute atomic E-state index is 11.7. The van der Waals surface area contributed by atoms with Crippen LogP contribution in [0.1, 0.15) is 71.6 Å². The number of hydrogen-bond acceptors (Lipinski definition) is 4. The second-order valence-corrected chi connectivity index (χ2v) is 10.7. The first-order valence-electron chi connectivity index (χ1n) is 12.0. The molecular formula is C27H38O4. The molecule has 2 N–H and O–H groups in total. The van der Waals surface area contributed by atoms with Gasteiger partial charge in [0, 0.05) is 12.0 Å². The van der Waals surface area contributed by atoms with E-state index in [1.165, 1.54) is 31.3 Å². The average molecular weight is 427 g/mol. The van der Waals surface area contributed by atoms with Crippen LogP contribution in [0.5, 0.6) is 0 Å². The van der Waals surface area contributed by atoms with Crippen LogP contribution >= 0.6 is 0 Å². The third-order valence-corrected chi connectivity index (χ3v) is 8.70. The van der Waals surface area contributed by atoms with Crippen molar-refractivity contribution >= 4 is 5.97 Å². The van der Waals surface area contributed by atoms with Gasteiger partial charge in [0.15, 0.2) is 0 Å². The van der Waals surface area contributed by atoms with Crippen molar-refractivity contribution in [1.29, 1.82) is 0 Å². The second kappa shape index (κ2) is 8.71. The molecule has 0 radical (unpaired) electrons. The Balaban J connectivity index is 1.45. The molecule has 0 aromatic rings. The summed E-state index contributed by atoms with van der Waals surface area (Å²) in [5.41, 5.74) is 4.09. The highest BCUT2D eigenvalue weighted by molar-refractivity contribution is 5.89. The molecular weight excluding hydrogens is 388 g/mol. The van der Waals surface area contributed by atoms with Gasteiger partial charge in [0.25, 0.3) is 0 Å². The van der Waals surface area contributed by atoms with Crippen LogP contribution in [0.25, 0.3) is 0 Å². The fourth-order valence-corrected chi connectivity index (χ4v) is 6.98. The lowest BCUT2D eigenvalue weighted by Crippen LogP contribution is -2.36. The van der Waals surface area contributed by atoms with Gasteiger partial charge in [-0.15, -0.1) is 0 Å². The number of ether oxygens (including phenoxy) is 1. The van der Waals surface area contributed by atoms with Crippen molar-refractivity contribution in [3.8, 4) is 0 Å². The number of rotatable bonds is 4. The first kappa shape index (κ1) is 22.5. The van der Waals surface area contributed by atoms with Gasteiger partial charge in [-0.2, -0.15) is 0 Å². The van der Waals surface area contributed by atoms with E-state index >= 15 is 0 Å². The zero-order chi connectivity index (χ0) is 22.3. The van der Waals surface area contributed by atoms with Gasteiger partial charge >= 0.3 is 5.97 Å². The summed E-state index contributed by atoms with van der Waals surface area (Å²) >= 11 is 0. The summed E-state index contributed by atoms with van der Waals surface area (Å²) in [6, 6.07) is 0. The Kier molecular flexibility index (Phi) is 6.33. The Labute approximate surface area is 186 Å². The highest BCUT2D eigenvalue weighted by atomic mass is 16.5. The average Bonchev–Trinajstić information content (AvgIpc) is 3.22. The highest BCUT2D eigenvalue weighted by Crippen LogP contribution is 2.60. The molecule has 0 amide bonds. The number of hydrogen-bond donors (Lipinski definition) is 2. The van der Waals surface area contributed by atoms with Crippen molar-refractivity contribution in [1.82, 2.24) is 0 Å². The van der Waals surface area contributed by atoms with Gasteiger partial charge in [-0.3, -0.25) is 0 Å². The summed E-state index contributed by atoms with van der Waals surface area (Å²) in [6.45, 7) is 12.5. The number of allylic oxidation sites excluding steroid dienone is 3. The van der Waals surface area contributed by atoms with E-state index in [4.69, 9.17) is 4.74 Å². The number of esters is 1. The van der Waals surface area contributed by atoms with Crippen molar-refractivity contribution in [3.05, 3.63) is 47.6 Å². The number of carbonyl (C=O) groups excluding carboxylic acids is 1. The number of aliphatic hydroxyl groups is 2. The maximum Gasteiger partial charge on any atom is 0.333 e. The minimum atomic E-state index is -0.637. The predicted molar refractivity (Wildman–Crippen MR) is 122 cm³/mol. The lowest BCUT2D eigenvalue weighted by Gasteiger charge is -2.44. The van der Waals surface area contributed by atoms with Crippen molar-refractivity contribution in [2.75, 3.05) is 0 Å². The van der Waals surface area contributed by atoms with Crippen LogP contribution in [0.2, 0.25) is 0 Å². The molecule has 0 bridgehead atoms. The maximum atomic E-state index is 11.7. The molecule has 1 heterocycles. The Morgan fingerprint density at radius 2 is 1.87 bits per heavy atom. The monoisotopic (exact) mass is 426 g/mol. The van der Waals surface area contributed by atoms with Gasteiger partial charge in [0.1, 0.15) is 6.10 Å². The van der Waals surface area contributed by atoms with Crippen LogP contribution in [0.4, 0.5) is 0 Å². The zero-order valence-electron chi connectivity index (χ0n) is 19.1. The molecule has 3 saturated carbocycles. The van der Waals surface area contributed by atoms with Crippen LogP contribution in [0.3, 0.4) is 0 Å². The number of aliphatic hydroxyl groups excluding tert-OH is 2. The zero-order valence-corrected chi connectivity index (χ0v) is 19.1. The summed E-state index contributed by atoms with van der Waals surface area (Å²) in [6.07, 6.45) is 12.0. The summed E-state index contributed by atoms with van der Waals surface area (Å²) in [5, 5.41) is 20.3. The molecule has 0 spiro atoms. The minimum Gasteiger partial charge on any atom is -0.459 e. The Morgan fingerprint density at radius 3 is 2.52 bits per heavy atom. The standard InChI is InChI=1S/C27H38O4/c1-16(12-21-13-17(2)26(30)31-21)22-9-10-23-20(6-5-11-27(22,23)4)8-7-19-14-24(28)18(3)25(29)15-19/h7-8,16,21-25,28-29H,2-3,5-6,9-15H2,1,4H3/t16-,21+,22?,23+,24-,25-,27-/m1/s1. The van der Waals surface area contributed by atoms with Gasteiger partial charge in [-0.1, -0.05) is 50.3 Å². The van der Waals surface area contributed by atoms with Crippen LogP contribution in [0.15, 0.2) is 47.6 Å². The normalized spacial score (nSPS) is 40.8. The second-order valence-electron chi connectivity index (χ2n) is 10.7. The Hall–Kier alpha value is -1.65. The predicted octanol–water partition coefficient (Wildman–Crippen LogP) is 5.03. The lowest BCUT2D eigenvalue weighted by molar-refractivity contribution is -0.139. The minimum absolute atomic E-state index is 0.0000980. The molecule has 4 heteroatoms. The SMILES string of the molecule is C=C1C[C@H](C[C@@H](C)C2CC[C@H]3C(=CC=C4C[C@@H](O)C(=C)[C@H](O)C4)CCC[C@]23C)OC1=O. The Morgan fingerprint density at radius 1 is 1.16 bits per heavy atom. The molecule has 3 aliphatic carbocycles. The molecule has 1 saturated heterocycles. The molecule has 7 atom stereocenters. The number of carbonyl (C=O) groups is 1. The van der Waals surface area contributed by atoms with Crippen molar-refractivity contribution in [2.45, 2.75) is 89.9 Å². The van der Waals surface area contributed by atoms with Crippen molar-refractivity contribution in [2.24, 2.45) is 23.2 Å². The van der Waals surface area contributed by atoms with Crippen LogP contribution in [0, 0.1) is 23.2 Å². The first-order valence-corrected chi connectivity index (χ1v) is 12.0. The van der Waals surface area contributed by atoms with E-state index in [-0.39, 0.29) is 12.1 Å². The van der Waals surface area contributed by atoms with E-state index in [1.54, 1.807) is 0 Å². The summed E-state index contributed by atoms with van der Waals surface area (Å²) in [4.78, 5) is 11.7. The van der Waals surface area contributed by atoms with Crippen molar-refractivity contribution < 1.29 is 19.7 Å². The summed E-state index contributed by atoms with van der Waals surface area (Å²) < 4.78 is 5.52. The molecule has 31 heavy (non-hydrogen) atoms. The molecule has 1 aliphatic heterocycles. The van der Waals surface area contributed by atoms with Gasteiger partial charge in [0.2, 0.25) is 0 Å². The summed E-state index contributed by atoms with van der Waals surface area (Å²) in [7, 11) is 0. The summed E-state index contributed by atoms with van der Waals surface area (Å²) in [5.74, 6) is 1.54. The van der Waals surface area contributed by atoms with E-state index in [2.05, 4.69) is 39.2 Å². The Bertz CT molecular complexity index is 789. The third kappa shape index (κ3) is 4.34. The van der Waals surface area contributed by atoms with Gasteiger partial charge in [0.05, 0.1) is 12.2 Å². The molecule has 4 fully saturated rings. The lowest BCUT2D eigenvalue weighted by atomic mass is 9.60. The molecule has 170 valence electrons. The fraction of sp³-hybridized carbons (Fsp3) is 0.667. The van der Waals surface area contributed by atoms with Crippen molar-refractivity contribution in [3.63, 3.8) is 0 Å². The topological polar surface area (TPSA) is 66.8 Å². The largest absolute Gasteiger partial charge is 0.459 e. The van der Waals surface area contributed by atoms with Gasteiger partial charge in [-0.05, 0) is 80.1 Å². The quantitative estimate of drug-likeness (QED) is 0.376. The molecule has 1 unspecified atom stereocenters. The van der Waals surface area contributed by atoms with E-state index in [0.717, 1.165) is 18.4 Å². The molecule has 4 rings (SSSR count). The van der Waals surface area contributed by atoms with E-state index in [1.807, 2.05) is 0 Å². The van der Waals surface area contributed by atoms with Crippen LogP contribution in [-0.4, -0.2) is 34.5 Å². The highest BCUT2D eigenvalue weighted by Gasteiger charge is 2.51. The van der Waals surface area contributed by atoms with E-state index < -0.39 is 12.2 Å². The van der Waals surface area contributed by atoms with E-state index in [9.17, 15) is 15.0 Å². The van der Waals surface area contributed by atoms with Crippen LogP contribution < -0.4 is 0 Å². The van der Waals surface area contributed by atoms with E-state index in [0.29, 0.717) is 53.6 Å². The van der Waals surface area contributed by atoms with Crippen LogP contribution in [-0.2, 0) is 9.53 Å². The number of cyclic esters (lactones) is 1. The van der Waals surface area contributed by atoms with Gasteiger partial charge < -0.3 is 14.9 Å². The molecule has 4 nitrogen and oxygen atoms in total. The fourth-order valence-electron chi connectivity index (χ4n) is 6.98. The number of fused-ring (bicyclic) bond motifs is 1. The molecule has 0 aromatic carbocycles. The third-order valence-electron chi connectivity index (χ3n) is 8.70. The molecule has 0 aromatic heterocycles. The first-order chi connectivity index (χ1) is 14.7. The van der Waals surface area contributed by atoms with Gasteiger partial charge in [-0.25, -0.2) is 4.79 Å².